The summed E-state index contributed by atoms with van der Waals surface area (Å²) in [6.07, 6.45) is 5.64. The summed E-state index contributed by atoms with van der Waals surface area (Å²) < 4.78 is 10.6. The molecule has 2 aromatic carbocycles. The zero-order valence-corrected chi connectivity index (χ0v) is 17.2. The smallest absolute Gasteiger partial charge is 0.239 e. The molecule has 0 spiro atoms. The van der Waals surface area contributed by atoms with Crippen LogP contribution >= 0.6 is 0 Å². The van der Waals surface area contributed by atoms with Crippen molar-refractivity contribution in [3.8, 4) is 11.5 Å². The fourth-order valence-electron chi connectivity index (χ4n) is 4.03. The summed E-state index contributed by atoms with van der Waals surface area (Å²) in [4.78, 5) is 19.8. The molecule has 7 nitrogen and oxygen atoms in total. The van der Waals surface area contributed by atoms with Gasteiger partial charge in [0.25, 0.3) is 0 Å². The zero-order valence-electron chi connectivity index (χ0n) is 17.2. The van der Waals surface area contributed by atoms with Crippen LogP contribution in [0.4, 0.5) is 5.69 Å². The Bertz CT molecular complexity index is 958. The lowest BCUT2D eigenvalue weighted by molar-refractivity contribution is -0.123. The molecule has 0 aromatic heterocycles. The Labute approximate surface area is 176 Å². The first kappa shape index (κ1) is 19.9. The standard InChI is InChI=1S/C23H26N4O3/c1-29-18-13-12-16(21(14-18)30-2)15-24-26-23-25-20-11-7-6-10-19(20)22(28)27(23)17-8-4-3-5-9-17/h3-5,8-9,12-15,19-20H,6-7,10-11H2,1-2H3,(H,25,26)/b24-15+. The van der Waals surface area contributed by atoms with Crippen LogP contribution in [0.5, 0.6) is 11.5 Å². The average molecular weight is 406 g/mol. The van der Waals surface area contributed by atoms with Crippen molar-refractivity contribution >= 4 is 23.8 Å². The highest BCUT2D eigenvalue weighted by molar-refractivity contribution is 6.18. The molecule has 4 rings (SSSR count). The maximum Gasteiger partial charge on any atom is 0.239 e. The minimum Gasteiger partial charge on any atom is -0.497 e. The molecule has 1 N–H and O–H groups in total. The molecule has 2 aliphatic rings. The van der Waals surface area contributed by atoms with Gasteiger partial charge in [0.1, 0.15) is 11.5 Å². The fraction of sp³-hybridized carbons (Fsp3) is 0.348. The van der Waals surface area contributed by atoms with Gasteiger partial charge in [-0.1, -0.05) is 31.0 Å². The third-order valence-corrected chi connectivity index (χ3v) is 5.59. The van der Waals surface area contributed by atoms with E-state index in [1.807, 2.05) is 42.5 Å². The van der Waals surface area contributed by atoms with Crippen LogP contribution in [-0.4, -0.2) is 38.3 Å². The van der Waals surface area contributed by atoms with E-state index in [0.29, 0.717) is 17.5 Å². The van der Waals surface area contributed by atoms with Crippen molar-refractivity contribution in [1.82, 2.24) is 5.43 Å². The predicted octanol–water partition coefficient (Wildman–Crippen LogP) is 3.59. The van der Waals surface area contributed by atoms with Gasteiger partial charge in [-0.3, -0.25) is 4.79 Å². The molecule has 1 fully saturated rings. The lowest BCUT2D eigenvalue weighted by Gasteiger charge is -2.38. The highest BCUT2D eigenvalue weighted by Crippen LogP contribution is 2.33. The van der Waals surface area contributed by atoms with Crippen molar-refractivity contribution in [1.29, 1.82) is 0 Å². The van der Waals surface area contributed by atoms with Gasteiger partial charge >= 0.3 is 0 Å². The molecule has 2 aromatic rings. The summed E-state index contributed by atoms with van der Waals surface area (Å²) in [7, 11) is 3.21. The Morgan fingerprint density at radius 3 is 2.67 bits per heavy atom. The van der Waals surface area contributed by atoms with Gasteiger partial charge in [0.05, 0.1) is 38.1 Å². The first-order chi connectivity index (χ1) is 14.7. The Morgan fingerprint density at radius 1 is 1.10 bits per heavy atom. The lowest BCUT2D eigenvalue weighted by Crippen LogP contribution is -2.54. The molecule has 30 heavy (non-hydrogen) atoms. The van der Waals surface area contributed by atoms with Crippen molar-refractivity contribution in [2.24, 2.45) is 16.0 Å². The number of hydrogen-bond acceptors (Lipinski definition) is 6. The van der Waals surface area contributed by atoms with Crippen LogP contribution in [0.15, 0.2) is 58.6 Å². The highest BCUT2D eigenvalue weighted by atomic mass is 16.5. The quantitative estimate of drug-likeness (QED) is 0.608. The summed E-state index contributed by atoms with van der Waals surface area (Å²) in [6.45, 7) is 0. The molecule has 156 valence electrons. The molecule has 1 aliphatic heterocycles. The van der Waals surface area contributed by atoms with Crippen LogP contribution < -0.4 is 19.8 Å². The average Bonchev–Trinajstić information content (AvgIpc) is 2.80. The lowest BCUT2D eigenvalue weighted by atomic mass is 9.83. The number of nitrogens with one attached hydrogen (secondary N) is 1. The number of rotatable bonds is 5. The van der Waals surface area contributed by atoms with Gasteiger partial charge in [-0.2, -0.15) is 5.10 Å². The Kier molecular flexibility index (Phi) is 5.97. The number of guanidine groups is 1. The first-order valence-electron chi connectivity index (χ1n) is 10.2. The molecule has 0 bridgehead atoms. The zero-order chi connectivity index (χ0) is 20.9. The van der Waals surface area contributed by atoms with E-state index in [9.17, 15) is 4.79 Å². The molecule has 2 unspecified atom stereocenters. The number of hydrogen-bond donors (Lipinski definition) is 1. The minimum atomic E-state index is -0.0600. The third kappa shape index (κ3) is 4.01. The van der Waals surface area contributed by atoms with E-state index >= 15 is 0 Å². The summed E-state index contributed by atoms with van der Waals surface area (Å²) in [5, 5.41) is 4.36. The van der Waals surface area contributed by atoms with E-state index in [2.05, 4.69) is 10.5 Å². The number of nitrogens with zero attached hydrogens (tertiary/aromatic N) is 3. The Hall–Kier alpha value is -3.35. The second kappa shape index (κ2) is 8.98. The van der Waals surface area contributed by atoms with Crippen LogP contribution in [0.25, 0.3) is 0 Å². The second-order valence-electron chi connectivity index (χ2n) is 7.40. The Balaban J connectivity index is 1.61. The van der Waals surface area contributed by atoms with Crippen LogP contribution in [0.1, 0.15) is 31.2 Å². The number of fused-ring (bicyclic) bond motifs is 1. The van der Waals surface area contributed by atoms with E-state index < -0.39 is 0 Å². The van der Waals surface area contributed by atoms with Crippen LogP contribution in [0, 0.1) is 5.92 Å². The number of carbonyl (C=O) groups is 1. The number of carbonyl (C=O) groups excluding carboxylic acids is 1. The van der Waals surface area contributed by atoms with E-state index in [4.69, 9.17) is 14.5 Å². The van der Waals surface area contributed by atoms with Gasteiger partial charge in [0, 0.05) is 11.6 Å². The number of methoxy groups -OCH3 is 2. The summed E-state index contributed by atoms with van der Waals surface area (Å²) in [5.74, 6) is 1.83. The van der Waals surface area contributed by atoms with Crippen molar-refractivity contribution in [2.45, 2.75) is 31.7 Å². The number of ether oxygens (including phenoxy) is 2. The second-order valence-corrected chi connectivity index (χ2v) is 7.40. The monoisotopic (exact) mass is 406 g/mol. The predicted molar refractivity (Wildman–Crippen MR) is 117 cm³/mol. The maximum absolute atomic E-state index is 13.3. The molecule has 2 atom stereocenters. The maximum atomic E-state index is 13.3. The fourth-order valence-corrected chi connectivity index (χ4v) is 4.03. The number of anilines is 1. The molecule has 1 heterocycles. The Morgan fingerprint density at radius 2 is 1.90 bits per heavy atom. The number of aliphatic imine (C=N–C) groups is 1. The van der Waals surface area contributed by atoms with Gasteiger partial charge in [-0.15, -0.1) is 0 Å². The SMILES string of the molecule is COc1ccc(/C=N/NC2=NC3CCCCC3C(=O)N2c2ccccc2)c(OC)c1. The van der Waals surface area contributed by atoms with Crippen LogP contribution in [0.2, 0.25) is 0 Å². The van der Waals surface area contributed by atoms with Gasteiger partial charge in [-0.25, -0.2) is 15.3 Å². The summed E-state index contributed by atoms with van der Waals surface area (Å²) >= 11 is 0. The molecular weight excluding hydrogens is 380 g/mol. The molecule has 1 saturated carbocycles. The number of benzene rings is 2. The van der Waals surface area contributed by atoms with Crippen LogP contribution in [0.3, 0.4) is 0 Å². The van der Waals surface area contributed by atoms with E-state index in [1.54, 1.807) is 31.4 Å². The van der Waals surface area contributed by atoms with E-state index in [0.717, 1.165) is 36.9 Å². The van der Waals surface area contributed by atoms with Gasteiger partial charge in [-0.05, 0) is 37.1 Å². The molecule has 1 amide bonds. The number of amides is 1. The first-order valence-corrected chi connectivity index (χ1v) is 10.2. The van der Waals surface area contributed by atoms with Gasteiger partial charge in [0.15, 0.2) is 0 Å². The molecule has 0 saturated heterocycles. The van der Waals surface area contributed by atoms with Crippen molar-refractivity contribution in [3.05, 3.63) is 54.1 Å². The number of hydrazone groups is 1. The highest BCUT2D eigenvalue weighted by Gasteiger charge is 2.40. The molecular formula is C23H26N4O3. The van der Waals surface area contributed by atoms with E-state index in [1.165, 1.54) is 0 Å². The number of para-hydroxylation sites is 1. The van der Waals surface area contributed by atoms with Gasteiger partial charge < -0.3 is 9.47 Å². The summed E-state index contributed by atoms with van der Waals surface area (Å²) in [5.41, 5.74) is 4.57. The van der Waals surface area contributed by atoms with Crippen molar-refractivity contribution in [2.75, 3.05) is 19.1 Å². The van der Waals surface area contributed by atoms with Crippen molar-refractivity contribution in [3.63, 3.8) is 0 Å². The topological polar surface area (TPSA) is 75.5 Å². The molecule has 7 heteroatoms. The van der Waals surface area contributed by atoms with Gasteiger partial charge in [0.2, 0.25) is 11.9 Å². The van der Waals surface area contributed by atoms with Crippen molar-refractivity contribution < 1.29 is 14.3 Å². The largest absolute Gasteiger partial charge is 0.497 e. The minimum absolute atomic E-state index is 0.0134. The molecule has 1 aliphatic carbocycles. The third-order valence-electron chi connectivity index (χ3n) is 5.59. The summed E-state index contributed by atoms with van der Waals surface area (Å²) in [6, 6.07) is 15.1. The van der Waals surface area contributed by atoms with Crippen LogP contribution in [-0.2, 0) is 4.79 Å². The van der Waals surface area contributed by atoms with E-state index in [-0.39, 0.29) is 17.9 Å². The molecule has 0 radical (unpaired) electrons. The normalized spacial score (nSPS) is 21.2.